The first-order valence-corrected chi connectivity index (χ1v) is 7.79. The number of rotatable bonds is 5. The van der Waals surface area contributed by atoms with E-state index < -0.39 is 5.97 Å². The van der Waals surface area contributed by atoms with Crippen LogP contribution in [0.25, 0.3) is 11.1 Å². The molecule has 3 rings (SSSR count). The van der Waals surface area contributed by atoms with Crippen molar-refractivity contribution >= 4 is 11.7 Å². The van der Waals surface area contributed by atoms with Gasteiger partial charge in [-0.05, 0) is 43.2 Å². The van der Waals surface area contributed by atoms with E-state index >= 15 is 0 Å². The summed E-state index contributed by atoms with van der Waals surface area (Å²) >= 11 is 0. The second-order valence-electron chi connectivity index (χ2n) is 5.82. The summed E-state index contributed by atoms with van der Waals surface area (Å²) in [5.74, 6) is -1.10. The van der Waals surface area contributed by atoms with E-state index in [-0.39, 0.29) is 11.8 Å². The number of furan rings is 1. The highest BCUT2D eigenvalue weighted by molar-refractivity contribution is 5.93. The van der Waals surface area contributed by atoms with Gasteiger partial charge in [0.25, 0.3) is 0 Å². The van der Waals surface area contributed by atoms with Crippen LogP contribution in [0.1, 0.15) is 34.6 Å². The molecule has 2 aromatic carbocycles. The van der Waals surface area contributed by atoms with Gasteiger partial charge in [-0.2, -0.15) is 0 Å². The maximum atomic E-state index is 11.2. The molecular formula is C20H19NO3. The van der Waals surface area contributed by atoms with Gasteiger partial charge in [0.05, 0.1) is 6.26 Å². The molecule has 0 aliphatic rings. The summed E-state index contributed by atoms with van der Waals surface area (Å²) < 4.78 is 5.03. The van der Waals surface area contributed by atoms with Crippen molar-refractivity contribution in [2.24, 2.45) is 0 Å². The molecule has 0 bridgehead atoms. The van der Waals surface area contributed by atoms with E-state index in [0.717, 1.165) is 16.8 Å². The molecule has 0 spiro atoms. The maximum absolute atomic E-state index is 11.2. The number of benzene rings is 2. The van der Waals surface area contributed by atoms with Gasteiger partial charge in [-0.25, -0.2) is 4.79 Å². The molecular weight excluding hydrogens is 302 g/mol. The second-order valence-corrected chi connectivity index (χ2v) is 5.82. The lowest BCUT2D eigenvalue weighted by atomic mass is 10.0. The highest BCUT2D eigenvalue weighted by atomic mass is 16.4. The number of hydrogen-bond acceptors (Lipinski definition) is 3. The topological polar surface area (TPSA) is 62.5 Å². The van der Waals surface area contributed by atoms with Crippen molar-refractivity contribution in [1.29, 1.82) is 0 Å². The van der Waals surface area contributed by atoms with Gasteiger partial charge >= 0.3 is 5.97 Å². The first-order valence-electron chi connectivity index (χ1n) is 7.79. The van der Waals surface area contributed by atoms with Gasteiger partial charge in [-0.3, -0.25) is 0 Å². The van der Waals surface area contributed by atoms with Gasteiger partial charge < -0.3 is 14.8 Å². The zero-order valence-corrected chi connectivity index (χ0v) is 13.6. The molecule has 0 aliphatic carbocycles. The first kappa shape index (κ1) is 15.9. The van der Waals surface area contributed by atoms with E-state index in [0.29, 0.717) is 5.56 Å². The van der Waals surface area contributed by atoms with Crippen molar-refractivity contribution in [1.82, 2.24) is 0 Å². The van der Waals surface area contributed by atoms with Crippen LogP contribution in [-0.4, -0.2) is 11.1 Å². The molecule has 1 unspecified atom stereocenters. The second kappa shape index (κ2) is 6.62. The molecule has 0 saturated carbocycles. The zero-order valence-electron chi connectivity index (χ0n) is 13.6. The predicted octanol–water partition coefficient (Wildman–Crippen LogP) is 5.13. The van der Waals surface area contributed by atoms with Crippen LogP contribution in [0.3, 0.4) is 0 Å². The van der Waals surface area contributed by atoms with Crippen LogP contribution in [-0.2, 0) is 0 Å². The smallest absolute Gasteiger partial charge is 0.372 e. The summed E-state index contributed by atoms with van der Waals surface area (Å²) in [6.07, 6.45) is 1.40. The summed E-state index contributed by atoms with van der Waals surface area (Å²) in [4.78, 5) is 11.2. The molecule has 0 saturated heterocycles. The summed E-state index contributed by atoms with van der Waals surface area (Å²) in [6.45, 7) is 4.16. The van der Waals surface area contributed by atoms with Gasteiger partial charge in [0.15, 0.2) is 0 Å². The molecule has 0 radical (unpaired) electrons. The van der Waals surface area contributed by atoms with Gasteiger partial charge in [0.2, 0.25) is 5.76 Å². The van der Waals surface area contributed by atoms with Gasteiger partial charge in [0, 0.05) is 17.3 Å². The molecule has 0 aliphatic heterocycles. The Hall–Kier alpha value is -3.01. The minimum atomic E-state index is -1.06. The van der Waals surface area contributed by atoms with E-state index in [1.807, 2.05) is 24.3 Å². The lowest BCUT2D eigenvalue weighted by Gasteiger charge is -2.16. The Bertz CT molecular complexity index is 832. The van der Waals surface area contributed by atoms with E-state index in [1.54, 1.807) is 6.07 Å². The molecule has 0 fully saturated rings. The summed E-state index contributed by atoms with van der Waals surface area (Å²) in [7, 11) is 0. The van der Waals surface area contributed by atoms with Crippen LogP contribution in [0.15, 0.2) is 65.3 Å². The molecule has 4 heteroatoms. The number of carboxylic acid groups (broad SMARTS) is 1. The van der Waals surface area contributed by atoms with Crippen molar-refractivity contribution < 1.29 is 14.3 Å². The van der Waals surface area contributed by atoms with E-state index in [4.69, 9.17) is 9.52 Å². The largest absolute Gasteiger partial charge is 0.475 e. The van der Waals surface area contributed by atoms with Crippen LogP contribution in [0.5, 0.6) is 0 Å². The average Bonchev–Trinajstić information content (AvgIpc) is 3.07. The fraction of sp³-hybridized carbons (Fsp3) is 0.150. The molecule has 122 valence electrons. The SMILES string of the molecule is Cc1ccc(NC(C)c2ccc(-c3ccoc3C(=O)O)cc2)cc1. The molecule has 0 amide bonds. The summed E-state index contributed by atoms with van der Waals surface area (Å²) in [6, 6.07) is 17.9. The Kier molecular flexibility index (Phi) is 4.38. The number of carboxylic acids is 1. The molecule has 1 aromatic heterocycles. The Morgan fingerprint density at radius 3 is 2.33 bits per heavy atom. The van der Waals surface area contributed by atoms with Crippen molar-refractivity contribution in [2.75, 3.05) is 5.32 Å². The maximum Gasteiger partial charge on any atom is 0.372 e. The van der Waals surface area contributed by atoms with Crippen LogP contribution in [0.2, 0.25) is 0 Å². The Morgan fingerprint density at radius 2 is 1.71 bits per heavy atom. The lowest BCUT2D eigenvalue weighted by molar-refractivity contribution is 0.0663. The van der Waals surface area contributed by atoms with Crippen molar-refractivity contribution in [3.63, 3.8) is 0 Å². The minimum Gasteiger partial charge on any atom is -0.475 e. The highest BCUT2D eigenvalue weighted by Gasteiger charge is 2.15. The fourth-order valence-electron chi connectivity index (χ4n) is 2.64. The van der Waals surface area contributed by atoms with Gasteiger partial charge in [-0.1, -0.05) is 42.0 Å². The zero-order chi connectivity index (χ0) is 17.1. The molecule has 24 heavy (non-hydrogen) atoms. The monoisotopic (exact) mass is 321 g/mol. The van der Waals surface area contributed by atoms with Crippen molar-refractivity contribution in [3.8, 4) is 11.1 Å². The quantitative estimate of drug-likeness (QED) is 0.684. The Morgan fingerprint density at radius 1 is 1.04 bits per heavy atom. The van der Waals surface area contributed by atoms with Crippen LogP contribution >= 0.6 is 0 Å². The van der Waals surface area contributed by atoms with E-state index in [9.17, 15) is 4.79 Å². The van der Waals surface area contributed by atoms with Crippen LogP contribution in [0.4, 0.5) is 5.69 Å². The standard InChI is InChI=1S/C20H19NO3/c1-13-3-9-17(10-4-13)21-14(2)15-5-7-16(8-6-15)18-11-12-24-19(18)20(22)23/h3-12,14,21H,1-2H3,(H,22,23). The number of carbonyl (C=O) groups is 1. The Labute approximate surface area is 140 Å². The summed E-state index contributed by atoms with van der Waals surface area (Å²) in [5.41, 5.74) is 4.84. The number of aromatic carboxylic acids is 1. The molecule has 1 heterocycles. The van der Waals surface area contributed by atoms with Crippen LogP contribution < -0.4 is 5.32 Å². The molecule has 3 aromatic rings. The number of aryl methyl sites for hydroxylation is 1. The van der Waals surface area contributed by atoms with Crippen molar-refractivity contribution in [2.45, 2.75) is 19.9 Å². The highest BCUT2D eigenvalue weighted by Crippen LogP contribution is 2.27. The van der Waals surface area contributed by atoms with E-state index in [1.165, 1.54) is 11.8 Å². The Balaban J connectivity index is 1.77. The normalized spacial score (nSPS) is 11.9. The number of nitrogens with one attached hydrogen (secondary N) is 1. The minimum absolute atomic E-state index is 0.0337. The number of hydrogen-bond donors (Lipinski definition) is 2. The average molecular weight is 321 g/mol. The van der Waals surface area contributed by atoms with Gasteiger partial charge in [-0.15, -0.1) is 0 Å². The third-order valence-corrected chi connectivity index (χ3v) is 4.02. The third-order valence-electron chi connectivity index (χ3n) is 4.02. The lowest BCUT2D eigenvalue weighted by Crippen LogP contribution is -2.06. The predicted molar refractivity (Wildman–Crippen MR) is 94.3 cm³/mol. The van der Waals surface area contributed by atoms with Crippen LogP contribution in [0, 0.1) is 6.92 Å². The summed E-state index contributed by atoms with van der Waals surface area (Å²) in [5, 5.41) is 12.6. The molecule has 4 nitrogen and oxygen atoms in total. The first-order chi connectivity index (χ1) is 11.5. The third kappa shape index (κ3) is 3.33. The molecule has 2 N–H and O–H groups in total. The van der Waals surface area contributed by atoms with Crippen molar-refractivity contribution in [3.05, 3.63) is 77.7 Å². The van der Waals surface area contributed by atoms with E-state index in [2.05, 4.69) is 43.4 Å². The molecule has 1 atom stereocenters. The number of anilines is 1. The van der Waals surface area contributed by atoms with Gasteiger partial charge in [0.1, 0.15) is 0 Å². The fourth-order valence-corrected chi connectivity index (χ4v) is 2.64.